The molecule has 4 rings (SSSR count). The van der Waals surface area contributed by atoms with Gasteiger partial charge in [0.25, 0.3) is 5.91 Å². The van der Waals surface area contributed by atoms with Crippen LogP contribution in [0.25, 0.3) is 10.9 Å². The van der Waals surface area contributed by atoms with Gasteiger partial charge in [-0.15, -0.1) is 0 Å². The lowest BCUT2D eigenvalue weighted by molar-refractivity contribution is 0.0942. The van der Waals surface area contributed by atoms with E-state index in [2.05, 4.69) is 52.3 Å². The van der Waals surface area contributed by atoms with Crippen LogP contribution < -0.4 is 5.32 Å². The molecule has 0 unspecified atom stereocenters. The van der Waals surface area contributed by atoms with E-state index in [1.165, 1.54) is 0 Å². The molecule has 1 fully saturated rings. The van der Waals surface area contributed by atoms with E-state index in [1.807, 2.05) is 24.3 Å². The molecule has 0 aliphatic carbocycles. The van der Waals surface area contributed by atoms with Crippen LogP contribution in [0, 0.1) is 6.92 Å². The normalized spacial score (nSPS) is 15.5. The molecule has 31 heavy (non-hydrogen) atoms. The molecule has 7 heteroatoms. The van der Waals surface area contributed by atoms with Crippen LogP contribution in [0.5, 0.6) is 0 Å². The predicted molar refractivity (Wildman–Crippen MR) is 129 cm³/mol. The number of halogens is 1. The first-order valence-corrected chi connectivity index (χ1v) is 11.9. The number of amides is 1. The Morgan fingerprint density at radius 2 is 1.87 bits per heavy atom. The molecule has 164 valence electrons. The molecule has 0 saturated carbocycles. The average Bonchev–Trinajstić information content (AvgIpc) is 3.11. The van der Waals surface area contributed by atoms with Gasteiger partial charge in [-0.1, -0.05) is 35.5 Å². The first-order valence-electron chi connectivity index (χ1n) is 10.7. The van der Waals surface area contributed by atoms with E-state index in [1.54, 1.807) is 11.8 Å². The van der Waals surface area contributed by atoms with Crippen LogP contribution in [-0.2, 0) is 0 Å². The van der Waals surface area contributed by atoms with Crippen LogP contribution in [0.3, 0.4) is 0 Å². The lowest BCUT2D eigenvalue weighted by Gasteiger charge is -2.32. The van der Waals surface area contributed by atoms with Crippen molar-refractivity contribution in [3.8, 4) is 0 Å². The Balaban J connectivity index is 1.45. The maximum atomic E-state index is 13.1. The van der Waals surface area contributed by atoms with Crippen molar-refractivity contribution >= 4 is 40.2 Å². The van der Waals surface area contributed by atoms with Gasteiger partial charge in [-0.2, -0.15) is 0 Å². The number of aromatic amines is 1. The molecule has 3 aromatic rings. The van der Waals surface area contributed by atoms with Gasteiger partial charge in [-0.25, -0.2) is 0 Å². The van der Waals surface area contributed by atoms with Gasteiger partial charge in [0.2, 0.25) is 0 Å². The molecule has 0 bridgehead atoms. The van der Waals surface area contributed by atoms with Gasteiger partial charge in [0.1, 0.15) is 5.69 Å². The summed E-state index contributed by atoms with van der Waals surface area (Å²) in [6, 6.07) is 14.0. The number of rotatable bonds is 7. The molecule has 2 aromatic carbocycles. The zero-order chi connectivity index (χ0) is 21.8. The Bertz CT molecular complexity index is 1040. The zero-order valence-corrected chi connectivity index (χ0v) is 19.7. The van der Waals surface area contributed by atoms with Gasteiger partial charge in [0.05, 0.1) is 4.90 Å². The molecule has 0 atom stereocenters. The average molecular weight is 457 g/mol. The maximum Gasteiger partial charge on any atom is 0.268 e. The second-order valence-corrected chi connectivity index (χ2v) is 9.71. The van der Waals surface area contributed by atoms with Crippen LogP contribution in [0.15, 0.2) is 52.3 Å². The van der Waals surface area contributed by atoms with Gasteiger partial charge in [-0.3, -0.25) is 4.79 Å². The lowest BCUT2D eigenvalue weighted by atomic mass is 10.2. The second-order valence-electron chi connectivity index (χ2n) is 8.19. The SMILES string of the molecule is Cc1ccc2c(Sc3ccc(Cl)cc3)c(C(=O)NCCCN3CCN(C)CC3)[nH]c2c1. The van der Waals surface area contributed by atoms with Crippen molar-refractivity contribution in [3.05, 3.63) is 58.7 Å². The Kier molecular flexibility index (Phi) is 7.23. The molecule has 2 N–H and O–H groups in total. The van der Waals surface area contributed by atoms with E-state index < -0.39 is 0 Å². The van der Waals surface area contributed by atoms with Crippen LogP contribution >= 0.6 is 23.4 Å². The number of fused-ring (bicyclic) bond motifs is 1. The van der Waals surface area contributed by atoms with Crippen LogP contribution in [0.2, 0.25) is 5.02 Å². The molecule has 0 spiro atoms. The monoisotopic (exact) mass is 456 g/mol. The van der Waals surface area contributed by atoms with E-state index >= 15 is 0 Å². The summed E-state index contributed by atoms with van der Waals surface area (Å²) in [5.74, 6) is -0.0521. The number of carbonyl (C=O) groups excluding carboxylic acids is 1. The van der Waals surface area contributed by atoms with E-state index in [9.17, 15) is 4.79 Å². The number of hydrogen-bond acceptors (Lipinski definition) is 4. The first-order chi connectivity index (χ1) is 15.0. The van der Waals surface area contributed by atoms with Gasteiger partial charge in [0.15, 0.2) is 0 Å². The molecule has 1 amide bonds. The molecular formula is C24H29ClN4OS. The number of nitrogens with one attached hydrogen (secondary N) is 2. The number of H-pyrrole nitrogens is 1. The topological polar surface area (TPSA) is 51.4 Å². The smallest absolute Gasteiger partial charge is 0.268 e. The highest BCUT2D eigenvalue weighted by molar-refractivity contribution is 7.99. The fourth-order valence-electron chi connectivity index (χ4n) is 3.84. The number of benzene rings is 2. The summed E-state index contributed by atoms with van der Waals surface area (Å²) in [6.45, 7) is 8.20. The molecule has 1 saturated heterocycles. The number of likely N-dealkylation sites (N-methyl/N-ethyl adjacent to an activating group) is 1. The standard InChI is InChI=1S/C24H29ClN4OS/c1-17-4-9-20-21(16-17)27-22(23(20)31-19-7-5-18(25)6-8-19)24(30)26-10-3-11-29-14-12-28(2)13-15-29/h4-9,16,27H,3,10-15H2,1-2H3,(H,26,30). The summed E-state index contributed by atoms with van der Waals surface area (Å²) in [5.41, 5.74) is 2.77. The summed E-state index contributed by atoms with van der Waals surface area (Å²) < 4.78 is 0. The second kappa shape index (κ2) is 10.1. The van der Waals surface area contributed by atoms with E-state index in [4.69, 9.17) is 11.6 Å². The molecule has 0 radical (unpaired) electrons. The van der Waals surface area contributed by atoms with Crippen molar-refractivity contribution in [2.45, 2.75) is 23.1 Å². The van der Waals surface area contributed by atoms with E-state index in [0.717, 1.165) is 65.4 Å². The molecule has 1 aromatic heterocycles. The maximum absolute atomic E-state index is 13.1. The first kappa shape index (κ1) is 22.2. The van der Waals surface area contributed by atoms with Crippen molar-refractivity contribution < 1.29 is 4.79 Å². The fourth-order valence-corrected chi connectivity index (χ4v) is 5.00. The van der Waals surface area contributed by atoms with Crippen LogP contribution in [0.1, 0.15) is 22.5 Å². The minimum absolute atomic E-state index is 0.0521. The summed E-state index contributed by atoms with van der Waals surface area (Å²) >= 11 is 7.63. The number of hydrogen-bond donors (Lipinski definition) is 2. The van der Waals surface area contributed by atoms with Gasteiger partial charge < -0.3 is 20.1 Å². The summed E-state index contributed by atoms with van der Waals surface area (Å²) in [5, 5.41) is 4.89. The largest absolute Gasteiger partial charge is 0.351 e. The van der Waals surface area contributed by atoms with Gasteiger partial charge in [-0.05, 0) is 62.8 Å². The van der Waals surface area contributed by atoms with Crippen molar-refractivity contribution in [2.24, 2.45) is 0 Å². The highest BCUT2D eigenvalue weighted by atomic mass is 35.5. The van der Waals surface area contributed by atoms with Crippen LogP contribution in [-0.4, -0.2) is 67.0 Å². The third kappa shape index (κ3) is 5.63. The summed E-state index contributed by atoms with van der Waals surface area (Å²) in [6.07, 6.45) is 0.953. The molecule has 2 heterocycles. The Morgan fingerprint density at radius 3 is 2.61 bits per heavy atom. The Hall–Kier alpha value is -1.99. The summed E-state index contributed by atoms with van der Waals surface area (Å²) in [4.78, 5) is 23.3. The highest BCUT2D eigenvalue weighted by Crippen LogP contribution is 2.37. The third-order valence-corrected chi connectivity index (χ3v) is 7.09. The van der Waals surface area contributed by atoms with Gasteiger partial charge in [0, 0.05) is 53.5 Å². The highest BCUT2D eigenvalue weighted by Gasteiger charge is 2.19. The number of aromatic nitrogens is 1. The molecular weight excluding hydrogens is 428 g/mol. The molecule has 1 aliphatic heterocycles. The van der Waals surface area contributed by atoms with E-state index in [0.29, 0.717) is 17.3 Å². The quantitative estimate of drug-likeness (QED) is 0.508. The number of aryl methyl sites for hydroxylation is 1. The zero-order valence-electron chi connectivity index (χ0n) is 18.1. The minimum atomic E-state index is -0.0521. The number of piperazine rings is 1. The van der Waals surface area contributed by atoms with Crippen molar-refractivity contribution in [1.29, 1.82) is 0 Å². The minimum Gasteiger partial charge on any atom is -0.351 e. The fraction of sp³-hybridized carbons (Fsp3) is 0.375. The molecule has 5 nitrogen and oxygen atoms in total. The van der Waals surface area contributed by atoms with E-state index in [-0.39, 0.29) is 5.91 Å². The predicted octanol–water partition coefficient (Wildman–Crippen LogP) is 4.65. The van der Waals surface area contributed by atoms with Gasteiger partial charge >= 0.3 is 0 Å². The van der Waals surface area contributed by atoms with Crippen molar-refractivity contribution in [2.75, 3.05) is 46.3 Å². The Labute approximate surface area is 193 Å². The Morgan fingerprint density at radius 1 is 1.13 bits per heavy atom. The summed E-state index contributed by atoms with van der Waals surface area (Å²) in [7, 11) is 2.17. The molecule has 1 aliphatic rings. The number of nitrogens with zero attached hydrogens (tertiary/aromatic N) is 2. The van der Waals surface area contributed by atoms with Crippen LogP contribution in [0.4, 0.5) is 0 Å². The lowest BCUT2D eigenvalue weighted by Crippen LogP contribution is -2.45. The van der Waals surface area contributed by atoms with Crippen molar-refractivity contribution in [1.82, 2.24) is 20.1 Å². The van der Waals surface area contributed by atoms with Crippen molar-refractivity contribution in [3.63, 3.8) is 0 Å². The third-order valence-electron chi connectivity index (χ3n) is 5.70. The number of carbonyl (C=O) groups is 1.